The summed E-state index contributed by atoms with van der Waals surface area (Å²) in [5.41, 5.74) is 4.73. The predicted molar refractivity (Wildman–Crippen MR) is 76.3 cm³/mol. The average molecular weight is 267 g/mol. The first-order valence-electron chi connectivity index (χ1n) is 6.87. The van der Waals surface area contributed by atoms with E-state index in [4.69, 9.17) is 4.74 Å². The maximum absolute atomic E-state index is 9.29. The van der Waals surface area contributed by atoms with Crippen LogP contribution >= 0.6 is 0 Å². The lowest BCUT2D eigenvalue weighted by Gasteiger charge is -2.11. The number of nitrogens with zero attached hydrogens (tertiary/aromatic N) is 3. The van der Waals surface area contributed by atoms with Gasteiger partial charge in [0.05, 0.1) is 23.9 Å². The Morgan fingerprint density at radius 1 is 1.45 bits per heavy atom. The molecule has 2 aromatic rings. The van der Waals surface area contributed by atoms with E-state index in [0.29, 0.717) is 12.5 Å². The second kappa shape index (κ2) is 4.68. The van der Waals surface area contributed by atoms with E-state index in [0.717, 1.165) is 40.2 Å². The standard InChI is InChI=1S/C16H17N3O/c1-10(2)14-4-6-19(18-14)15-8-11(3)13(9-17)12-5-7-20-16(12)15/h4,6,8,10H,5,7H2,1-3H3. The molecule has 102 valence electrons. The van der Waals surface area contributed by atoms with Crippen LogP contribution in [0.4, 0.5) is 0 Å². The molecule has 1 aromatic heterocycles. The normalized spacial score (nSPS) is 13.2. The molecular weight excluding hydrogens is 250 g/mol. The Kier molecular flexibility index (Phi) is 2.98. The summed E-state index contributed by atoms with van der Waals surface area (Å²) in [7, 11) is 0. The summed E-state index contributed by atoms with van der Waals surface area (Å²) in [6, 6.07) is 6.30. The largest absolute Gasteiger partial charge is 0.491 e. The van der Waals surface area contributed by atoms with Gasteiger partial charge in [-0.3, -0.25) is 0 Å². The van der Waals surface area contributed by atoms with Gasteiger partial charge in [-0.05, 0) is 30.5 Å². The average Bonchev–Trinajstić information content (AvgIpc) is 3.06. The molecule has 4 heteroatoms. The van der Waals surface area contributed by atoms with Crippen molar-refractivity contribution in [2.45, 2.75) is 33.1 Å². The number of nitriles is 1. The molecule has 0 bridgehead atoms. The fourth-order valence-corrected chi connectivity index (χ4v) is 2.61. The SMILES string of the molecule is Cc1cc(-n2ccc(C(C)C)n2)c2c(c1C#N)CCO2. The Balaban J connectivity index is 2.17. The molecule has 0 amide bonds. The molecule has 2 heterocycles. The van der Waals surface area contributed by atoms with E-state index >= 15 is 0 Å². The minimum absolute atomic E-state index is 0.393. The monoisotopic (exact) mass is 267 g/mol. The van der Waals surface area contributed by atoms with Crippen LogP contribution in [0.25, 0.3) is 5.69 Å². The van der Waals surface area contributed by atoms with Gasteiger partial charge in [-0.15, -0.1) is 0 Å². The van der Waals surface area contributed by atoms with Crippen LogP contribution in [-0.4, -0.2) is 16.4 Å². The molecule has 0 spiro atoms. The molecule has 0 fully saturated rings. The molecule has 1 aromatic carbocycles. The fraction of sp³-hybridized carbons (Fsp3) is 0.375. The van der Waals surface area contributed by atoms with Crippen molar-refractivity contribution < 1.29 is 4.74 Å². The lowest BCUT2D eigenvalue weighted by molar-refractivity contribution is 0.355. The van der Waals surface area contributed by atoms with Gasteiger partial charge in [-0.2, -0.15) is 10.4 Å². The number of hydrogen-bond acceptors (Lipinski definition) is 3. The summed E-state index contributed by atoms with van der Waals surface area (Å²) < 4.78 is 7.59. The Morgan fingerprint density at radius 3 is 2.90 bits per heavy atom. The third kappa shape index (κ3) is 1.87. The number of rotatable bonds is 2. The van der Waals surface area contributed by atoms with Crippen LogP contribution in [0, 0.1) is 18.3 Å². The molecule has 0 atom stereocenters. The Labute approximate surface area is 118 Å². The molecule has 1 aliphatic heterocycles. The summed E-state index contributed by atoms with van der Waals surface area (Å²) in [4.78, 5) is 0. The van der Waals surface area contributed by atoms with Crippen LogP contribution in [0.3, 0.4) is 0 Å². The lowest BCUT2D eigenvalue weighted by atomic mass is 9.99. The molecule has 3 rings (SSSR count). The highest BCUT2D eigenvalue weighted by Gasteiger charge is 2.23. The van der Waals surface area contributed by atoms with Gasteiger partial charge in [0.2, 0.25) is 0 Å². The first-order valence-corrected chi connectivity index (χ1v) is 6.87. The highest BCUT2D eigenvalue weighted by Crippen LogP contribution is 2.36. The number of aromatic nitrogens is 2. The predicted octanol–water partition coefficient (Wildman–Crippen LogP) is 3.11. The van der Waals surface area contributed by atoms with Gasteiger partial charge in [-0.1, -0.05) is 13.8 Å². The summed E-state index contributed by atoms with van der Waals surface area (Å²) in [6.45, 7) is 6.85. The fourth-order valence-electron chi connectivity index (χ4n) is 2.61. The highest BCUT2D eigenvalue weighted by atomic mass is 16.5. The summed E-state index contributed by atoms with van der Waals surface area (Å²) in [5, 5.41) is 13.9. The minimum Gasteiger partial charge on any atom is -0.491 e. The zero-order valence-corrected chi connectivity index (χ0v) is 12.0. The summed E-state index contributed by atoms with van der Waals surface area (Å²) >= 11 is 0. The zero-order chi connectivity index (χ0) is 14.3. The number of benzene rings is 1. The molecule has 0 saturated heterocycles. The van der Waals surface area contributed by atoms with Crippen molar-refractivity contribution in [1.82, 2.24) is 9.78 Å². The van der Waals surface area contributed by atoms with Gasteiger partial charge < -0.3 is 4.74 Å². The molecule has 0 saturated carbocycles. The topological polar surface area (TPSA) is 50.8 Å². The Bertz CT molecular complexity index is 707. The number of aryl methyl sites for hydroxylation is 1. The maximum atomic E-state index is 9.29. The van der Waals surface area contributed by atoms with Crippen LogP contribution in [0.2, 0.25) is 0 Å². The van der Waals surface area contributed by atoms with Gasteiger partial charge >= 0.3 is 0 Å². The number of fused-ring (bicyclic) bond motifs is 1. The third-order valence-corrected chi connectivity index (χ3v) is 3.71. The van der Waals surface area contributed by atoms with Crippen molar-refractivity contribution in [2.75, 3.05) is 6.61 Å². The van der Waals surface area contributed by atoms with E-state index in [9.17, 15) is 5.26 Å². The first kappa shape index (κ1) is 12.7. The Morgan fingerprint density at radius 2 is 2.25 bits per heavy atom. The van der Waals surface area contributed by atoms with Gasteiger partial charge in [0.25, 0.3) is 0 Å². The Hall–Kier alpha value is -2.28. The number of ether oxygens (including phenoxy) is 1. The molecule has 20 heavy (non-hydrogen) atoms. The van der Waals surface area contributed by atoms with E-state index in [2.05, 4.69) is 25.0 Å². The van der Waals surface area contributed by atoms with E-state index in [1.807, 2.05) is 29.9 Å². The minimum atomic E-state index is 0.393. The van der Waals surface area contributed by atoms with Crippen LogP contribution < -0.4 is 4.74 Å². The smallest absolute Gasteiger partial charge is 0.149 e. The van der Waals surface area contributed by atoms with Crippen LogP contribution in [0.1, 0.15) is 42.1 Å². The van der Waals surface area contributed by atoms with Gasteiger partial charge in [0.15, 0.2) is 0 Å². The van der Waals surface area contributed by atoms with Crippen molar-refractivity contribution >= 4 is 0 Å². The van der Waals surface area contributed by atoms with E-state index in [1.165, 1.54) is 0 Å². The van der Waals surface area contributed by atoms with E-state index in [1.54, 1.807) is 0 Å². The van der Waals surface area contributed by atoms with Gasteiger partial charge in [0.1, 0.15) is 11.4 Å². The lowest BCUT2D eigenvalue weighted by Crippen LogP contribution is -2.02. The van der Waals surface area contributed by atoms with Crippen molar-refractivity contribution in [3.05, 3.63) is 40.7 Å². The molecule has 0 N–H and O–H groups in total. The van der Waals surface area contributed by atoms with E-state index in [-0.39, 0.29) is 0 Å². The summed E-state index contributed by atoms with van der Waals surface area (Å²) in [6.07, 6.45) is 2.75. The van der Waals surface area contributed by atoms with Crippen LogP contribution in [0.15, 0.2) is 18.3 Å². The molecule has 1 aliphatic rings. The third-order valence-electron chi connectivity index (χ3n) is 3.71. The van der Waals surface area contributed by atoms with Crippen molar-refractivity contribution in [2.24, 2.45) is 0 Å². The highest BCUT2D eigenvalue weighted by molar-refractivity contribution is 5.62. The first-order chi connectivity index (χ1) is 9.61. The molecule has 0 radical (unpaired) electrons. The van der Waals surface area contributed by atoms with Crippen LogP contribution in [0.5, 0.6) is 5.75 Å². The summed E-state index contributed by atoms with van der Waals surface area (Å²) in [5.74, 6) is 1.20. The molecule has 0 unspecified atom stereocenters. The van der Waals surface area contributed by atoms with Gasteiger partial charge in [0, 0.05) is 18.2 Å². The van der Waals surface area contributed by atoms with Crippen molar-refractivity contribution in [3.63, 3.8) is 0 Å². The maximum Gasteiger partial charge on any atom is 0.149 e. The van der Waals surface area contributed by atoms with Crippen molar-refractivity contribution in [3.8, 4) is 17.5 Å². The van der Waals surface area contributed by atoms with E-state index < -0.39 is 0 Å². The molecular formula is C16H17N3O. The second-order valence-corrected chi connectivity index (χ2v) is 5.45. The molecule has 4 nitrogen and oxygen atoms in total. The molecule has 0 aliphatic carbocycles. The van der Waals surface area contributed by atoms with Crippen molar-refractivity contribution in [1.29, 1.82) is 5.26 Å². The quantitative estimate of drug-likeness (QED) is 0.840. The zero-order valence-electron chi connectivity index (χ0n) is 12.0. The van der Waals surface area contributed by atoms with Gasteiger partial charge in [-0.25, -0.2) is 4.68 Å². The number of hydrogen-bond donors (Lipinski definition) is 0. The van der Waals surface area contributed by atoms with Crippen LogP contribution in [-0.2, 0) is 6.42 Å². The second-order valence-electron chi connectivity index (χ2n) is 5.45.